The topological polar surface area (TPSA) is 74.3 Å². The molecule has 26 heavy (non-hydrogen) atoms. The van der Waals surface area contributed by atoms with E-state index in [9.17, 15) is 9.59 Å². The number of carbonyl (C=O) groups is 2. The van der Waals surface area contributed by atoms with Crippen molar-refractivity contribution < 1.29 is 9.59 Å². The molecule has 2 saturated heterocycles. The molecule has 3 heterocycles. The summed E-state index contributed by atoms with van der Waals surface area (Å²) in [6.45, 7) is 5.29. The normalized spacial score (nSPS) is 27.2. The first-order chi connectivity index (χ1) is 12.6. The predicted octanol–water partition coefficient (Wildman–Crippen LogP) is 1.96. The number of rotatable bonds is 3. The van der Waals surface area contributed by atoms with E-state index in [0.717, 1.165) is 57.4 Å². The minimum Gasteiger partial charge on any atom is -0.342 e. The molecule has 1 saturated carbocycles. The maximum atomic E-state index is 13.0. The lowest BCUT2D eigenvalue weighted by molar-refractivity contribution is -0.136. The van der Waals surface area contributed by atoms with Crippen molar-refractivity contribution in [1.82, 2.24) is 15.2 Å². The molecule has 0 radical (unpaired) electrons. The lowest BCUT2D eigenvalue weighted by Gasteiger charge is -2.33. The van der Waals surface area contributed by atoms with Crippen LogP contribution in [-0.2, 0) is 9.59 Å². The number of hydrogen-bond donors (Lipinski definition) is 2. The molecule has 3 aliphatic rings. The molecule has 140 valence electrons. The number of nitrogens with one attached hydrogen (secondary N) is 2. The number of piperidine rings is 2. The van der Waals surface area contributed by atoms with Crippen molar-refractivity contribution >= 4 is 17.6 Å². The minimum absolute atomic E-state index is 0.0204. The van der Waals surface area contributed by atoms with Crippen molar-refractivity contribution in [3.05, 3.63) is 23.9 Å². The summed E-state index contributed by atoms with van der Waals surface area (Å²) in [4.78, 5) is 31.9. The van der Waals surface area contributed by atoms with E-state index < -0.39 is 0 Å². The first-order valence-electron chi connectivity index (χ1n) is 9.81. The third-order valence-corrected chi connectivity index (χ3v) is 6.33. The van der Waals surface area contributed by atoms with Crippen LogP contribution in [0.1, 0.15) is 37.8 Å². The number of pyridine rings is 1. The van der Waals surface area contributed by atoms with Crippen LogP contribution in [0.25, 0.3) is 0 Å². The Kier molecular flexibility index (Phi) is 4.69. The SMILES string of the molecule is Cc1cccc(NC(=O)C2CCCN(C(=O)C3CC34CCNCC4)C2)n1. The fourth-order valence-electron chi connectivity index (χ4n) is 4.63. The summed E-state index contributed by atoms with van der Waals surface area (Å²) in [6.07, 6.45) is 4.99. The van der Waals surface area contributed by atoms with Gasteiger partial charge in [0.05, 0.1) is 5.92 Å². The van der Waals surface area contributed by atoms with Gasteiger partial charge >= 0.3 is 0 Å². The lowest BCUT2D eigenvalue weighted by Crippen LogP contribution is -2.45. The predicted molar refractivity (Wildman–Crippen MR) is 99.6 cm³/mol. The molecule has 1 spiro atoms. The van der Waals surface area contributed by atoms with Gasteiger partial charge in [0, 0.05) is 24.7 Å². The third-order valence-electron chi connectivity index (χ3n) is 6.33. The van der Waals surface area contributed by atoms with Crippen LogP contribution in [0.5, 0.6) is 0 Å². The molecule has 2 N–H and O–H groups in total. The van der Waals surface area contributed by atoms with Gasteiger partial charge in [-0.1, -0.05) is 6.07 Å². The van der Waals surface area contributed by atoms with Crippen LogP contribution >= 0.6 is 0 Å². The van der Waals surface area contributed by atoms with E-state index in [2.05, 4.69) is 15.6 Å². The highest BCUT2D eigenvalue weighted by atomic mass is 16.2. The molecule has 2 unspecified atom stereocenters. The van der Waals surface area contributed by atoms with E-state index in [1.807, 2.05) is 30.0 Å². The van der Waals surface area contributed by atoms with Gasteiger partial charge < -0.3 is 15.5 Å². The molecule has 2 amide bonds. The summed E-state index contributed by atoms with van der Waals surface area (Å²) in [5.41, 5.74) is 1.13. The number of anilines is 1. The molecule has 2 atom stereocenters. The summed E-state index contributed by atoms with van der Waals surface area (Å²) in [5.74, 6) is 0.892. The van der Waals surface area contributed by atoms with E-state index in [-0.39, 0.29) is 29.1 Å². The molecular weight excluding hydrogens is 328 g/mol. The van der Waals surface area contributed by atoms with Gasteiger partial charge in [-0.2, -0.15) is 0 Å². The summed E-state index contributed by atoms with van der Waals surface area (Å²) < 4.78 is 0. The Bertz CT molecular complexity index is 699. The van der Waals surface area contributed by atoms with Crippen LogP contribution in [0.15, 0.2) is 18.2 Å². The molecule has 3 fully saturated rings. The Labute approximate surface area is 154 Å². The quantitative estimate of drug-likeness (QED) is 0.868. The maximum absolute atomic E-state index is 13.0. The number of aromatic nitrogens is 1. The molecular formula is C20H28N4O2. The molecule has 2 aliphatic heterocycles. The smallest absolute Gasteiger partial charge is 0.230 e. The van der Waals surface area contributed by atoms with Crippen molar-refractivity contribution in [2.75, 3.05) is 31.5 Å². The number of hydrogen-bond acceptors (Lipinski definition) is 4. The van der Waals surface area contributed by atoms with Gasteiger partial charge in [0.15, 0.2) is 0 Å². The van der Waals surface area contributed by atoms with Gasteiger partial charge in [-0.3, -0.25) is 9.59 Å². The second-order valence-electron chi connectivity index (χ2n) is 8.15. The molecule has 1 aliphatic carbocycles. The number of aryl methyl sites for hydroxylation is 1. The standard InChI is InChI=1S/C20H28N4O2/c1-14-4-2-6-17(22-14)23-18(25)15-5-3-11-24(13-15)19(26)16-12-20(16)7-9-21-10-8-20/h2,4,6,15-16,21H,3,5,7-13H2,1H3,(H,22,23,25). The first kappa shape index (κ1) is 17.5. The van der Waals surface area contributed by atoms with E-state index >= 15 is 0 Å². The summed E-state index contributed by atoms with van der Waals surface area (Å²) in [6, 6.07) is 5.60. The largest absolute Gasteiger partial charge is 0.342 e. The van der Waals surface area contributed by atoms with Crippen LogP contribution in [-0.4, -0.2) is 47.9 Å². The highest BCUT2D eigenvalue weighted by molar-refractivity contribution is 5.92. The third kappa shape index (κ3) is 3.47. The number of carbonyl (C=O) groups excluding carboxylic acids is 2. The van der Waals surface area contributed by atoms with Crippen LogP contribution < -0.4 is 10.6 Å². The van der Waals surface area contributed by atoms with Crippen molar-refractivity contribution in [2.24, 2.45) is 17.3 Å². The van der Waals surface area contributed by atoms with Crippen LogP contribution in [0.4, 0.5) is 5.82 Å². The van der Waals surface area contributed by atoms with Crippen LogP contribution in [0.2, 0.25) is 0 Å². The summed E-state index contributed by atoms with van der Waals surface area (Å²) in [5, 5.41) is 6.30. The Morgan fingerprint density at radius 3 is 2.88 bits per heavy atom. The zero-order valence-corrected chi connectivity index (χ0v) is 15.5. The van der Waals surface area contributed by atoms with Crippen molar-refractivity contribution in [3.8, 4) is 0 Å². The van der Waals surface area contributed by atoms with E-state index in [0.29, 0.717) is 12.4 Å². The zero-order valence-electron chi connectivity index (χ0n) is 15.5. The molecule has 1 aromatic rings. The monoisotopic (exact) mass is 356 g/mol. The Morgan fingerprint density at radius 1 is 1.31 bits per heavy atom. The lowest BCUT2D eigenvalue weighted by atomic mass is 9.91. The molecule has 0 aromatic carbocycles. The Balaban J connectivity index is 1.35. The van der Waals surface area contributed by atoms with Crippen molar-refractivity contribution in [3.63, 3.8) is 0 Å². The first-order valence-corrected chi connectivity index (χ1v) is 9.81. The van der Waals surface area contributed by atoms with E-state index in [4.69, 9.17) is 0 Å². The van der Waals surface area contributed by atoms with Gasteiger partial charge in [0.1, 0.15) is 5.82 Å². The Hall–Kier alpha value is -1.95. The molecule has 6 heteroatoms. The number of nitrogens with zero attached hydrogens (tertiary/aromatic N) is 2. The molecule has 6 nitrogen and oxygen atoms in total. The van der Waals surface area contributed by atoms with E-state index in [1.54, 1.807) is 0 Å². The summed E-state index contributed by atoms with van der Waals surface area (Å²) >= 11 is 0. The molecule has 1 aromatic heterocycles. The zero-order chi connectivity index (χ0) is 18.1. The van der Waals surface area contributed by atoms with Crippen LogP contribution in [0.3, 0.4) is 0 Å². The van der Waals surface area contributed by atoms with E-state index in [1.165, 1.54) is 0 Å². The number of likely N-dealkylation sites (tertiary alicyclic amines) is 1. The maximum Gasteiger partial charge on any atom is 0.230 e. The fraction of sp³-hybridized carbons (Fsp3) is 0.650. The minimum atomic E-state index is -0.141. The van der Waals surface area contributed by atoms with Gasteiger partial charge in [0.2, 0.25) is 11.8 Å². The highest BCUT2D eigenvalue weighted by Crippen LogP contribution is 2.59. The average molecular weight is 356 g/mol. The van der Waals surface area contributed by atoms with Gasteiger partial charge in [-0.25, -0.2) is 4.98 Å². The summed E-state index contributed by atoms with van der Waals surface area (Å²) in [7, 11) is 0. The average Bonchev–Trinajstić information content (AvgIpc) is 3.34. The Morgan fingerprint density at radius 2 is 2.12 bits per heavy atom. The number of amides is 2. The van der Waals surface area contributed by atoms with Gasteiger partial charge in [-0.05, 0) is 69.7 Å². The van der Waals surface area contributed by atoms with Crippen LogP contribution in [0, 0.1) is 24.2 Å². The van der Waals surface area contributed by atoms with Crippen molar-refractivity contribution in [1.29, 1.82) is 0 Å². The molecule has 0 bridgehead atoms. The second kappa shape index (κ2) is 6.99. The molecule has 4 rings (SSSR count). The highest BCUT2D eigenvalue weighted by Gasteiger charge is 2.58. The second-order valence-corrected chi connectivity index (χ2v) is 8.15. The fourth-order valence-corrected chi connectivity index (χ4v) is 4.63. The van der Waals surface area contributed by atoms with Gasteiger partial charge in [0.25, 0.3) is 0 Å². The van der Waals surface area contributed by atoms with Crippen molar-refractivity contribution in [2.45, 2.75) is 39.0 Å². The van der Waals surface area contributed by atoms with Gasteiger partial charge in [-0.15, -0.1) is 0 Å².